The fourth-order valence-electron chi connectivity index (χ4n) is 3.29. The highest BCUT2D eigenvalue weighted by molar-refractivity contribution is 5.95. The van der Waals surface area contributed by atoms with Crippen molar-refractivity contribution in [1.29, 1.82) is 0 Å². The van der Waals surface area contributed by atoms with Crippen molar-refractivity contribution in [1.82, 2.24) is 19.7 Å². The predicted molar refractivity (Wildman–Crippen MR) is 106 cm³/mol. The molecular formula is C21H21N5O3. The molecular weight excluding hydrogens is 370 g/mol. The highest BCUT2D eigenvalue weighted by Crippen LogP contribution is 2.19. The smallest absolute Gasteiger partial charge is 0.260 e. The lowest BCUT2D eigenvalue weighted by atomic mass is 10.2. The Balaban J connectivity index is 1.38. The SMILES string of the molecule is NC(=O)c1ccccc1OCC(=O)N1CCc2nc(-c3ccccc3)nn2CC1. The molecule has 0 bridgehead atoms. The van der Waals surface area contributed by atoms with Gasteiger partial charge < -0.3 is 15.4 Å². The molecule has 2 heterocycles. The number of rotatable bonds is 5. The minimum atomic E-state index is -0.589. The van der Waals surface area contributed by atoms with Gasteiger partial charge in [0.2, 0.25) is 0 Å². The van der Waals surface area contributed by atoms with Crippen LogP contribution in [0.5, 0.6) is 5.75 Å². The second-order valence-corrected chi connectivity index (χ2v) is 6.72. The van der Waals surface area contributed by atoms with Gasteiger partial charge in [0, 0.05) is 25.1 Å². The van der Waals surface area contributed by atoms with E-state index in [9.17, 15) is 9.59 Å². The molecule has 0 saturated heterocycles. The third kappa shape index (κ3) is 4.11. The van der Waals surface area contributed by atoms with Crippen LogP contribution < -0.4 is 10.5 Å². The zero-order valence-electron chi connectivity index (χ0n) is 15.8. The summed E-state index contributed by atoms with van der Waals surface area (Å²) in [5, 5.41) is 4.58. The summed E-state index contributed by atoms with van der Waals surface area (Å²) in [6, 6.07) is 16.4. The molecule has 0 spiro atoms. The number of benzene rings is 2. The lowest BCUT2D eigenvalue weighted by Crippen LogP contribution is -2.37. The van der Waals surface area contributed by atoms with Gasteiger partial charge in [-0.1, -0.05) is 42.5 Å². The lowest BCUT2D eigenvalue weighted by molar-refractivity contribution is -0.133. The van der Waals surface area contributed by atoms with E-state index in [-0.39, 0.29) is 18.1 Å². The van der Waals surface area contributed by atoms with Crippen LogP contribution in [0, 0.1) is 0 Å². The van der Waals surface area contributed by atoms with E-state index in [0.717, 1.165) is 11.4 Å². The van der Waals surface area contributed by atoms with Crippen molar-refractivity contribution in [3.05, 3.63) is 66.0 Å². The molecule has 0 saturated carbocycles. The molecule has 2 aromatic carbocycles. The van der Waals surface area contributed by atoms with E-state index in [1.165, 1.54) is 0 Å². The summed E-state index contributed by atoms with van der Waals surface area (Å²) < 4.78 is 7.42. The van der Waals surface area contributed by atoms with Crippen LogP contribution in [0.1, 0.15) is 16.2 Å². The molecule has 2 N–H and O–H groups in total. The summed E-state index contributed by atoms with van der Waals surface area (Å²) in [5.74, 6) is 1.13. The van der Waals surface area contributed by atoms with E-state index in [2.05, 4.69) is 10.1 Å². The Kier molecular flexibility index (Phi) is 5.24. The Morgan fingerprint density at radius 1 is 1.00 bits per heavy atom. The number of carbonyl (C=O) groups excluding carboxylic acids is 2. The van der Waals surface area contributed by atoms with Crippen LogP contribution in [0.25, 0.3) is 11.4 Å². The van der Waals surface area contributed by atoms with Crippen LogP contribution in [-0.2, 0) is 17.8 Å². The first-order valence-electron chi connectivity index (χ1n) is 9.40. The number of primary amides is 1. The van der Waals surface area contributed by atoms with Gasteiger partial charge in [0.1, 0.15) is 11.6 Å². The Labute approximate surface area is 167 Å². The van der Waals surface area contributed by atoms with Gasteiger partial charge in [-0.25, -0.2) is 9.67 Å². The van der Waals surface area contributed by atoms with Crippen molar-refractivity contribution < 1.29 is 14.3 Å². The molecule has 8 heteroatoms. The van der Waals surface area contributed by atoms with Gasteiger partial charge in [0.15, 0.2) is 12.4 Å². The second-order valence-electron chi connectivity index (χ2n) is 6.72. The quantitative estimate of drug-likeness (QED) is 0.710. The number of amides is 2. The van der Waals surface area contributed by atoms with Gasteiger partial charge in [0.05, 0.1) is 12.1 Å². The molecule has 2 amide bonds. The zero-order chi connectivity index (χ0) is 20.2. The Hall–Kier alpha value is -3.68. The van der Waals surface area contributed by atoms with Crippen molar-refractivity contribution >= 4 is 11.8 Å². The van der Waals surface area contributed by atoms with Crippen LogP contribution >= 0.6 is 0 Å². The van der Waals surface area contributed by atoms with Crippen LogP contribution in [0.3, 0.4) is 0 Å². The number of nitrogens with zero attached hydrogens (tertiary/aromatic N) is 4. The number of aromatic nitrogens is 3. The maximum absolute atomic E-state index is 12.6. The summed E-state index contributed by atoms with van der Waals surface area (Å²) >= 11 is 0. The molecule has 4 rings (SSSR count). The Morgan fingerprint density at radius 3 is 2.55 bits per heavy atom. The van der Waals surface area contributed by atoms with Crippen LogP contribution in [-0.4, -0.2) is 51.2 Å². The Bertz CT molecular complexity index is 1010. The van der Waals surface area contributed by atoms with Gasteiger partial charge in [-0.15, -0.1) is 0 Å². The molecule has 1 aromatic heterocycles. The maximum atomic E-state index is 12.6. The number of hydrogen-bond acceptors (Lipinski definition) is 5. The maximum Gasteiger partial charge on any atom is 0.260 e. The summed E-state index contributed by atoms with van der Waals surface area (Å²) in [6.45, 7) is 1.46. The number of para-hydroxylation sites is 1. The molecule has 29 heavy (non-hydrogen) atoms. The average Bonchev–Trinajstić information content (AvgIpc) is 3.05. The third-order valence-electron chi connectivity index (χ3n) is 4.82. The standard InChI is InChI=1S/C21H21N5O3/c22-20(28)16-8-4-5-9-17(16)29-14-19(27)25-11-10-18-23-21(24-26(18)13-12-25)15-6-2-1-3-7-15/h1-9H,10-14H2,(H2,22,28). The van der Waals surface area contributed by atoms with Gasteiger partial charge in [0.25, 0.3) is 11.8 Å². The molecule has 1 aliphatic rings. The van der Waals surface area contributed by atoms with E-state index < -0.39 is 5.91 Å². The van der Waals surface area contributed by atoms with Crippen molar-refractivity contribution in [2.75, 3.05) is 19.7 Å². The fraction of sp³-hybridized carbons (Fsp3) is 0.238. The van der Waals surface area contributed by atoms with Crippen LogP contribution in [0.4, 0.5) is 0 Å². The van der Waals surface area contributed by atoms with E-state index >= 15 is 0 Å². The summed E-state index contributed by atoms with van der Waals surface area (Å²) in [4.78, 5) is 30.4. The number of nitrogens with two attached hydrogens (primary N) is 1. The molecule has 0 unspecified atom stereocenters. The van der Waals surface area contributed by atoms with Gasteiger partial charge in [-0.3, -0.25) is 9.59 Å². The first-order valence-corrected chi connectivity index (χ1v) is 9.40. The molecule has 1 aliphatic heterocycles. The summed E-state index contributed by atoms with van der Waals surface area (Å²) in [5.41, 5.74) is 6.58. The van der Waals surface area contributed by atoms with Crippen molar-refractivity contribution in [3.8, 4) is 17.1 Å². The third-order valence-corrected chi connectivity index (χ3v) is 4.82. The number of carbonyl (C=O) groups is 2. The first kappa shape index (κ1) is 18.7. The largest absolute Gasteiger partial charge is 0.483 e. The van der Waals surface area contributed by atoms with E-state index in [1.807, 2.05) is 35.0 Å². The van der Waals surface area contributed by atoms with E-state index in [0.29, 0.717) is 37.6 Å². The fourth-order valence-corrected chi connectivity index (χ4v) is 3.29. The highest BCUT2D eigenvalue weighted by atomic mass is 16.5. The number of hydrogen-bond donors (Lipinski definition) is 1. The molecule has 0 aliphatic carbocycles. The first-order chi connectivity index (χ1) is 14.1. The summed E-state index contributed by atoms with van der Waals surface area (Å²) in [6.07, 6.45) is 0.615. The van der Waals surface area contributed by atoms with E-state index in [4.69, 9.17) is 10.5 Å². The minimum absolute atomic E-state index is 0.154. The number of fused-ring (bicyclic) bond motifs is 1. The monoisotopic (exact) mass is 391 g/mol. The lowest BCUT2D eigenvalue weighted by Gasteiger charge is -2.20. The Morgan fingerprint density at radius 2 is 1.76 bits per heavy atom. The van der Waals surface area contributed by atoms with Crippen LogP contribution in [0.2, 0.25) is 0 Å². The highest BCUT2D eigenvalue weighted by Gasteiger charge is 2.22. The van der Waals surface area contributed by atoms with Crippen molar-refractivity contribution in [2.45, 2.75) is 13.0 Å². The van der Waals surface area contributed by atoms with Crippen molar-refractivity contribution in [3.63, 3.8) is 0 Å². The molecule has 148 valence electrons. The molecule has 0 fully saturated rings. The predicted octanol–water partition coefficient (Wildman–Crippen LogP) is 1.51. The normalized spacial score (nSPS) is 13.4. The summed E-state index contributed by atoms with van der Waals surface area (Å²) in [7, 11) is 0. The molecule has 0 radical (unpaired) electrons. The number of ether oxygens (including phenoxy) is 1. The molecule has 0 atom stereocenters. The topological polar surface area (TPSA) is 103 Å². The second kappa shape index (κ2) is 8.14. The molecule has 8 nitrogen and oxygen atoms in total. The molecule has 3 aromatic rings. The van der Waals surface area contributed by atoms with Crippen LogP contribution in [0.15, 0.2) is 54.6 Å². The average molecular weight is 391 g/mol. The van der Waals surface area contributed by atoms with Gasteiger partial charge in [-0.05, 0) is 12.1 Å². The minimum Gasteiger partial charge on any atom is -0.483 e. The van der Waals surface area contributed by atoms with Crippen molar-refractivity contribution in [2.24, 2.45) is 5.73 Å². The van der Waals surface area contributed by atoms with Gasteiger partial charge >= 0.3 is 0 Å². The van der Waals surface area contributed by atoms with E-state index in [1.54, 1.807) is 29.2 Å². The zero-order valence-corrected chi connectivity index (χ0v) is 15.8. The van der Waals surface area contributed by atoms with Gasteiger partial charge in [-0.2, -0.15) is 5.10 Å².